The SMILES string of the molecule is CC(NC(=O)Nc1ncccc1F)c1cccs1. The van der Waals surface area contributed by atoms with Crippen molar-refractivity contribution in [2.24, 2.45) is 0 Å². The van der Waals surface area contributed by atoms with Gasteiger partial charge in [0.15, 0.2) is 11.6 Å². The minimum absolute atomic E-state index is 0.0756. The molecule has 0 aliphatic heterocycles. The molecule has 0 aliphatic rings. The van der Waals surface area contributed by atoms with Crippen LogP contribution in [0.4, 0.5) is 15.0 Å². The molecule has 2 rings (SSSR count). The predicted molar refractivity (Wildman–Crippen MR) is 69.1 cm³/mol. The number of carbonyl (C=O) groups is 1. The molecule has 1 atom stereocenters. The molecular formula is C12H12FN3OS. The molecule has 2 aromatic heterocycles. The van der Waals surface area contributed by atoms with Crippen LogP contribution in [0.5, 0.6) is 0 Å². The van der Waals surface area contributed by atoms with Crippen molar-refractivity contribution in [1.82, 2.24) is 10.3 Å². The van der Waals surface area contributed by atoms with E-state index in [1.807, 2.05) is 24.4 Å². The molecule has 4 nitrogen and oxygen atoms in total. The van der Waals surface area contributed by atoms with Gasteiger partial charge in [0.1, 0.15) is 0 Å². The van der Waals surface area contributed by atoms with Crippen LogP contribution >= 0.6 is 11.3 Å². The first kappa shape index (κ1) is 12.5. The molecule has 1 unspecified atom stereocenters. The zero-order valence-electron chi connectivity index (χ0n) is 9.68. The lowest BCUT2D eigenvalue weighted by molar-refractivity contribution is 0.249. The fraction of sp³-hybridized carbons (Fsp3) is 0.167. The molecule has 0 radical (unpaired) electrons. The summed E-state index contributed by atoms with van der Waals surface area (Å²) in [6, 6.07) is 5.94. The summed E-state index contributed by atoms with van der Waals surface area (Å²) in [4.78, 5) is 16.4. The topological polar surface area (TPSA) is 54.0 Å². The molecule has 2 amide bonds. The number of aromatic nitrogens is 1. The largest absolute Gasteiger partial charge is 0.330 e. The highest BCUT2D eigenvalue weighted by Crippen LogP contribution is 2.18. The molecule has 0 saturated carbocycles. The van der Waals surface area contributed by atoms with Crippen molar-refractivity contribution in [1.29, 1.82) is 0 Å². The Morgan fingerprint density at radius 2 is 2.28 bits per heavy atom. The third-order valence-electron chi connectivity index (χ3n) is 2.31. The number of hydrogen-bond acceptors (Lipinski definition) is 3. The summed E-state index contributed by atoms with van der Waals surface area (Å²) >= 11 is 1.55. The van der Waals surface area contributed by atoms with Gasteiger partial charge in [-0.3, -0.25) is 5.32 Å². The smallest absolute Gasteiger partial charge is 0.320 e. The van der Waals surface area contributed by atoms with Gasteiger partial charge in [0.05, 0.1) is 6.04 Å². The van der Waals surface area contributed by atoms with Crippen LogP contribution < -0.4 is 10.6 Å². The number of nitrogens with one attached hydrogen (secondary N) is 2. The van der Waals surface area contributed by atoms with Crippen LogP contribution in [-0.4, -0.2) is 11.0 Å². The second-order valence-corrected chi connectivity index (χ2v) is 4.65. The Kier molecular flexibility index (Phi) is 3.88. The predicted octanol–water partition coefficient (Wildman–Crippen LogP) is 3.16. The van der Waals surface area contributed by atoms with E-state index in [0.29, 0.717) is 0 Å². The molecular weight excluding hydrogens is 253 g/mol. The second kappa shape index (κ2) is 5.59. The third kappa shape index (κ3) is 3.04. The molecule has 2 heterocycles. The molecule has 2 aromatic rings. The maximum absolute atomic E-state index is 13.3. The molecule has 6 heteroatoms. The Hall–Kier alpha value is -1.95. The first-order valence-corrected chi connectivity index (χ1v) is 6.26. The fourth-order valence-corrected chi connectivity index (χ4v) is 2.16. The Labute approximate surface area is 108 Å². The Morgan fingerprint density at radius 3 is 2.94 bits per heavy atom. The summed E-state index contributed by atoms with van der Waals surface area (Å²) in [5, 5.41) is 7.02. The molecule has 0 aromatic carbocycles. The number of nitrogens with zero attached hydrogens (tertiary/aromatic N) is 1. The van der Waals surface area contributed by atoms with Crippen molar-refractivity contribution in [2.45, 2.75) is 13.0 Å². The summed E-state index contributed by atoms with van der Waals surface area (Å²) in [5.74, 6) is -0.634. The molecule has 94 valence electrons. The number of amides is 2. The van der Waals surface area contributed by atoms with Gasteiger partial charge in [-0.25, -0.2) is 14.2 Å². The van der Waals surface area contributed by atoms with Gasteiger partial charge < -0.3 is 5.32 Å². The van der Waals surface area contributed by atoms with E-state index in [9.17, 15) is 9.18 Å². The van der Waals surface area contributed by atoms with Crippen molar-refractivity contribution in [3.05, 3.63) is 46.5 Å². The van der Waals surface area contributed by atoms with Gasteiger partial charge in [-0.05, 0) is 30.5 Å². The first-order valence-electron chi connectivity index (χ1n) is 5.38. The number of hydrogen-bond donors (Lipinski definition) is 2. The summed E-state index contributed by atoms with van der Waals surface area (Å²) in [7, 11) is 0. The first-order chi connectivity index (χ1) is 8.66. The fourth-order valence-electron chi connectivity index (χ4n) is 1.43. The van der Waals surface area contributed by atoms with Gasteiger partial charge in [-0.2, -0.15) is 0 Å². The maximum Gasteiger partial charge on any atom is 0.320 e. The van der Waals surface area contributed by atoms with Gasteiger partial charge in [0.2, 0.25) is 0 Å². The van der Waals surface area contributed by atoms with E-state index in [4.69, 9.17) is 0 Å². The minimum Gasteiger partial charge on any atom is -0.330 e. The summed E-state index contributed by atoms with van der Waals surface area (Å²) in [5.41, 5.74) is 0. The summed E-state index contributed by atoms with van der Waals surface area (Å²) in [6.07, 6.45) is 1.42. The average Bonchev–Trinajstić information content (AvgIpc) is 2.85. The van der Waals surface area contributed by atoms with E-state index in [1.165, 1.54) is 18.3 Å². The van der Waals surface area contributed by atoms with Crippen molar-refractivity contribution < 1.29 is 9.18 Å². The van der Waals surface area contributed by atoms with Crippen LogP contribution in [0.25, 0.3) is 0 Å². The zero-order valence-corrected chi connectivity index (χ0v) is 10.5. The molecule has 0 fully saturated rings. The van der Waals surface area contributed by atoms with Gasteiger partial charge in [0.25, 0.3) is 0 Å². The zero-order chi connectivity index (χ0) is 13.0. The van der Waals surface area contributed by atoms with Gasteiger partial charge in [0, 0.05) is 11.1 Å². The average molecular weight is 265 g/mol. The molecule has 2 N–H and O–H groups in total. The number of anilines is 1. The standard InChI is InChI=1S/C12H12FN3OS/c1-8(10-5-3-7-18-10)15-12(17)16-11-9(13)4-2-6-14-11/h2-8H,1H3,(H2,14,15,16,17). The van der Waals surface area contributed by atoms with E-state index in [-0.39, 0.29) is 11.9 Å². The van der Waals surface area contributed by atoms with Crippen molar-refractivity contribution in [2.75, 3.05) is 5.32 Å². The monoisotopic (exact) mass is 265 g/mol. The number of halogens is 1. The van der Waals surface area contributed by atoms with Gasteiger partial charge in [-0.15, -0.1) is 11.3 Å². The Morgan fingerprint density at radius 1 is 1.44 bits per heavy atom. The number of carbonyl (C=O) groups excluding carboxylic acids is 1. The van der Waals surface area contributed by atoms with E-state index in [2.05, 4.69) is 15.6 Å². The number of pyridine rings is 1. The highest BCUT2D eigenvalue weighted by atomic mass is 32.1. The van der Waals surface area contributed by atoms with Crippen LogP contribution in [0.3, 0.4) is 0 Å². The number of rotatable bonds is 3. The van der Waals surface area contributed by atoms with Crippen LogP contribution in [0.1, 0.15) is 17.8 Å². The van der Waals surface area contributed by atoms with Crippen LogP contribution in [-0.2, 0) is 0 Å². The maximum atomic E-state index is 13.3. The van der Waals surface area contributed by atoms with Gasteiger partial charge in [-0.1, -0.05) is 6.07 Å². The van der Waals surface area contributed by atoms with Crippen LogP contribution in [0.15, 0.2) is 35.8 Å². The lowest BCUT2D eigenvalue weighted by atomic mass is 10.3. The van der Waals surface area contributed by atoms with Crippen LogP contribution in [0.2, 0.25) is 0 Å². The van der Waals surface area contributed by atoms with E-state index in [0.717, 1.165) is 4.88 Å². The van der Waals surface area contributed by atoms with E-state index < -0.39 is 11.8 Å². The number of urea groups is 1. The van der Waals surface area contributed by atoms with Crippen LogP contribution in [0, 0.1) is 5.82 Å². The normalized spacial score (nSPS) is 11.9. The summed E-state index contributed by atoms with van der Waals surface area (Å²) < 4.78 is 13.3. The summed E-state index contributed by atoms with van der Waals surface area (Å²) in [6.45, 7) is 1.86. The van der Waals surface area contributed by atoms with Crippen molar-refractivity contribution >= 4 is 23.2 Å². The minimum atomic E-state index is -0.559. The lowest BCUT2D eigenvalue weighted by Gasteiger charge is -2.12. The van der Waals surface area contributed by atoms with E-state index in [1.54, 1.807) is 11.3 Å². The molecule has 0 spiro atoms. The number of thiophene rings is 1. The lowest BCUT2D eigenvalue weighted by Crippen LogP contribution is -2.31. The third-order valence-corrected chi connectivity index (χ3v) is 3.36. The Bertz CT molecular complexity index is 530. The highest BCUT2D eigenvalue weighted by Gasteiger charge is 2.12. The quantitative estimate of drug-likeness (QED) is 0.895. The van der Waals surface area contributed by atoms with Crippen molar-refractivity contribution in [3.8, 4) is 0 Å². The second-order valence-electron chi connectivity index (χ2n) is 3.67. The molecule has 0 bridgehead atoms. The highest BCUT2D eigenvalue weighted by molar-refractivity contribution is 7.10. The van der Waals surface area contributed by atoms with E-state index >= 15 is 0 Å². The molecule has 18 heavy (non-hydrogen) atoms. The molecule has 0 saturated heterocycles. The molecule has 0 aliphatic carbocycles. The van der Waals surface area contributed by atoms with Gasteiger partial charge >= 0.3 is 6.03 Å². The van der Waals surface area contributed by atoms with Crippen molar-refractivity contribution in [3.63, 3.8) is 0 Å². The Balaban J connectivity index is 1.95.